The molecule has 0 aliphatic rings. The fraction of sp³-hybridized carbons (Fsp3) is 0.333. The van der Waals surface area contributed by atoms with Gasteiger partial charge in [-0.2, -0.15) is 0 Å². The van der Waals surface area contributed by atoms with Crippen molar-refractivity contribution in [3.63, 3.8) is 0 Å². The number of ether oxygens (including phenoxy) is 1. The third-order valence-electron chi connectivity index (χ3n) is 1.94. The van der Waals surface area contributed by atoms with E-state index in [0.29, 0.717) is 5.56 Å². The summed E-state index contributed by atoms with van der Waals surface area (Å²) in [6.07, 6.45) is -1.12. The average Bonchev–Trinajstić information content (AvgIpc) is 2.26. The summed E-state index contributed by atoms with van der Waals surface area (Å²) < 4.78 is 40.2. The van der Waals surface area contributed by atoms with Crippen LogP contribution in [0.4, 0.5) is 0 Å². The Labute approximate surface area is 147 Å². The number of hydrogen-bond acceptors (Lipinski definition) is 7. The van der Waals surface area contributed by atoms with Gasteiger partial charge in [-0.15, -0.1) is 0 Å². The smallest absolute Gasteiger partial charge is 0.716 e. The summed E-state index contributed by atoms with van der Waals surface area (Å²) >= 11 is 0. The second-order valence-corrected chi connectivity index (χ2v) is 4.08. The topological polar surface area (TPSA) is 116 Å². The summed E-state index contributed by atoms with van der Waals surface area (Å²) in [7, 11) is -3.65. The van der Waals surface area contributed by atoms with Gasteiger partial charge in [0.1, 0.15) is 6.10 Å². The van der Waals surface area contributed by atoms with E-state index in [1.165, 1.54) is 19.2 Å². The van der Waals surface area contributed by atoms with E-state index in [2.05, 4.69) is 4.18 Å². The van der Waals surface area contributed by atoms with Crippen LogP contribution in [0.2, 0.25) is 0 Å². The van der Waals surface area contributed by atoms with Crippen molar-refractivity contribution >= 4 is 10.4 Å². The summed E-state index contributed by atoms with van der Waals surface area (Å²) in [5, 5.41) is 18.1. The third kappa shape index (κ3) is 5.51. The van der Waals surface area contributed by atoms with Gasteiger partial charge in [-0.1, -0.05) is 6.07 Å². The van der Waals surface area contributed by atoms with Gasteiger partial charge in [-0.05, 0) is 17.7 Å². The Morgan fingerprint density at radius 3 is 2.44 bits per heavy atom. The molecular weight excluding hydrogens is 291 g/mol. The molecule has 0 radical (unpaired) electrons. The molecule has 0 amide bonds. The van der Waals surface area contributed by atoms with Gasteiger partial charge in [0.2, 0.25) is 0 Å². The first kappa shape index (κ1) is 18.3. The molecule has 0 spiro atoms. The zero-order valence-corrected chi connectivity index (χ0v) is 13.8. The van der Waals surface area contributed by atoms with E-state index in [1.54, 1.807) is 0 Å². The van der Waals surface area contributed by atoms with Gasteiger partial charge in [0.25, 0.3) is 10.4 Å². The van der Waals surface area contributed by atoms with Gasteiger partial charge in [-0.25, -0.2) is 8.42 Å². The largest absolute Gasteiger partial charge is 1.00 e. The van der Waals surface area contributed by atoms with E-state index in [0.717, 1.165) is 6.07 Å². The van der Waals surface area contributed by atoms with Crippen LogP contribution in [0.1, 0.15) is 11.7 Å². The second-order valence-electron chi connectivity index (χ2n) is 3.10. The standard InChI is InChI=1S/C9H12O7S.K/c1-15-9-4-6(7(11)5-10)2-3-8(9)16-17(12,13)14;/h2-4,7,10-11H,5H2,1H3,(H,12,13,14);/q;+1/p-1. The molecule has 1 aromatic carbocycles. The Kier molecular flexibility index (Phi) is 7.90. The van der Waals surface area contributed by atoms with Crippen LogP contribution < -0.4 is 60.3 Å². The summed E-state index contributed by atoms with van der Waals surface area (Å²) in [6.45, 7) is -0.497. The number of methoxy groups -OCH3 is 1. The van der Waals surface area contributed by atoms with Crippen LogP contribution in [-0.4, -0.2) is 36.9 Å². The number of benzene rings is 1. The van der Waals surface area contributed by atoms with Crippen molar-refractivity contribution in [3.8, 4) is 11.5 Å². The molecule has 18 heavy (non-hydrogen) atoms. The van der Waals surface area contributed by atoms with E-state index >= 15 is 0 Å². The van der Waals surface area contributed by atoms with Gasteiger partial charge >= 0.3 is 51.4 Å². The molecule has 7 nitrogen and oxygen atoms in total. The molecule has 0 aromatic heterocycles. The van der Waals surface area contributed by atoms with Crippen LogP contribution in [0.15, 0.2) is 18.2 Å². The molecule has 0 aliphatic carbocycles. The number of rotatable bonds is 5. The van der Waals surface area contributed by atoms with Crippen molar-refractivity contribution in [2.24, 2.45) is 0 Å². The van der Waals surface area contributed by atoms with Gasteiger partial charge in [0, 0.05) is 0 Å². The minimum absolute atomic E-state index is 0. The molecule has 0 bridgehead atoms. The van der Waals surface area contributed by atoms with E-state index in [1.807, 2.05) is 0 Å². The molecule has 0 saturated carbocycles. The molecule has 0 fully saturated rings. The zero-order valence-electron chi connectivity index (χ0n) is 9.86. The second kappa shape index (κ2) is 7.77. The number of aliphatic hydroxyl groups excluding tert-OH is 2. The predicted molar refractivity (Wildman–Crippen MR) is 55.4 cm³/mol. The van der Waals surface area contributed by atoms with E-state index < -0.39 is 23.1 Å². The molecule has 1 atom stereocenters. The molecule has 1 rings (SSSR count). The molecule has 1 unspecified atom stereocenters. The Bertz CT molecular complexity index is 488. The van der Waals surface area contributed by atoms with E-state index in [-0.39, 0.29) is 62.9 Å². The quantitative estimate of drug-likeness (QED) is 0.330. The minimum atomic E-state index is -4.89. The van der Waals surface area contributed by atoms with Crippen molar-refractivity contribution in [3.05, 3.63) is 23.8 Å². The average molecular weight is 302 g/mol. The predicted octanol–water partition coefficient (Wildman–Crippen LogP) is -3.44. The molecule has 9 heteroatoms. The molecule has 0 aliphatic heterocycles. The Morgan fingerprint density at radius 2 is 2.00 bits per heavy atom. The van der Waals surface area contributed by atoms with Gasteiger partial charge in [0.05, 0.1) is 13.7 Å². The first-order valence-corrected chi connectivity index (χ1v) is 5.83. The molecule has 0 heterocycles. The molecule has 2 N–H and O–H groups in total. The Morgan fingerprint density at radius 1 is 1.39 bits per heavy atom. The summed E-state index contributed by atoms with van der Waals surface area (Å²) in [5.41, 5.74) is 0.306. The monoisotopic (exact) mass is 302 g/mol. The Hall–Kier alpha value is 0.286. The van der Waals surface area contributed by atoms with Crippen molar-refractivity contribution in [2.75, 3.05) is 13.7 Å². The van der Waals surface area contributed by atoms with Crippen LogP contribution in [0.25, 0.3) is 0 Å². The Balaban J connectivity index is 0.00000289. The first-order valence-electron chi connectivity index (χ1n) is 4.49. The van der Waals surface area contributed by atoms with Crippen LogP contribution >= 0.6 is 0 Å². The zero-order chi connectivity index (χ0) is 13.1. The fourth-order valence-electron chi connectivity index (χ4n) is 1.18. The van der Waals surface area contributed by atoms with Crippen LogP contribution in [0.5, 0.6) is 11.5 Å². The van der Waals surface area contributed by atoms with E-state index in [4.69, 9.17) is 9.84 Å². The van der Waals surface area contributed by atoms with Gasteiger partial charge in [0.15, 0.2) is 11.5 Å². The normalized spacial score (nSPS) is 12.4. The van der Waals surface area contributed by atoms with Crippen molar-refractivity contribution in [1.29, 1.82) is 0 Å². The van der Waals surface area contributed by atoms with Gasteiger partial charge < -0.3 is 23.7 Å². The van der Waals surface area contributed by atoms with Crippen LogP contribution in [0.3, 0.4) is 0 Å². The molecular formula is C9H11KO7S. The summed E-state index contributed by atoms with van der Waals surface area (Å²) in [4.78, 5) is 0. The molecule has 1 aromatic rings. The van der Waals surface area contributed by atoms with E-state index in [9.17, 15) is 18.1 Å². The summed E-state index contributed by atoms with van der Waals surface area (Å²) in [5.74, 6) is -0.314. The maximum atomic E-state index is 10.4. The first-order chi connectivity index (χ1) is 7.87. The van der Waals surface area contributed by atoms with Crippen molar-refractivity contribution in [1.82, 2.24) is 0 Å². The van der Waals surface area contributed by atoms with Crippen molar-refractivity contribution in [2.45, 2.75) is 6.10 Å². The van der Waals surface area contributed by atoms with Crippen LogP contribution in [0, 0.1) is 0 Å². The minimum Gasteiger partial charge on any atom is -0.716 e. The SMILES string of the molecule is COc1cc(C(O)CO)ccc1OS(=O)(=O)[O-].[K+]. The van der Waals surface area contributed by atoms with Crippen LogP contribution in [-0.2, 0) is 10.4 Å². The van der Waals surface area contributed by atoms with Crippen molar-refractivity contribution < 1.29 is 83.5 Å². The summed E-state index contributed by atoms with van der Waals surface area (Å²) in [6, 6.07) is 3.73. The number of aliphatic hydroxyl groups is 2. The fourth-order valence-corrected chi connectivity index (χ4v) is 1.53. The maximum absolute atomic E-state index is 10.4. The number of hydrogen-bond donors (Lipinski definition) is 2. The maximum Gasteiger partial charge on any atom is 1.00 e. The third-order valence-corrected chi connectivity index (χ3v) is 2.32. The molecule has 0 saturated heterocycles. The van der Waals surface area contributed by atoms with Gasteiger partial charge in [-0.3, -0.25) is 0 Å². The molecule has 96 valence electrons.